The van der Waals surface area contributed by atoms with Crippen molar-refractivity contribution in [1.29, 1.82) is 0 Å². The van der Waals surface area contributed by atoms with Crippen molar-refractivity contribution in [3.8, 4) is 44.9 Å². The van der Waals surface area contributed by atoms with Crippen LogP contribution in [0.2, 0.25) is 0 Å². The largest absolute Gasteiger partial charge is 0.453 e. The summed E-state index contributed by atoms with van der Waals surface area (Å²) in [5.41, 5.74) is 19.2. The van der Waals surface area contributed by atoms with Crippen LogP contribution in [0.1, 0.15) is 49.9 Å². The van der Waals surface area contributed by atoms with Crippen molar-refractivity contribution in [2.24, 2.45) is 0 Å². The SMILES string of the molecule is CC1(C)c2ccccc2-c2ccc(N(c3ccccc3)c3ccc(-c4cccc(-c5ccc6c7c5C(C)(C)c5ccccc5N7c5ccccc5O6)c4)cc3)cc21. The van der Waals surface area contributed by atoms with E-state index in [1.807, 2.05) is 6.07 Å². The average Bonchev–Trinajstić information content (AvgIpc) is 3.48. The van der Waals surface area contributed by atoms with Crippen LogP contribution in [-0.2, 0) is 10.8 Å². The highest BCUT2D eigenvalue weighted by Gasteiger charge is 2.43. The molecule has 1 aliphatic carbocycles. The molecule has 8 aromatic carbocycles. The first kappa shape index (κ1) is 33.5. The van der Waals surface area contributed by atoms with E-state index < -0.39 is 0 Å². The second kappa shape index (κ2) is 12.3. The molecule has 0 unspecified atom stereocenters. The Hall–Kier alpha value is -6.84. The molecule has 0 N–H and O–H groups in total. The molecule has 0 radical (unpaired) electrons. The number of para-hydroxylation sites is 4. The van der Waals surface area contributed by atoms with Crippen molar-refractivity contribution in [3.63, 3.8) is 0 Å². The standard InChI is InChI=1S/C54H42N2O/c1-53(2)44-20-9-8-19-42(44)43-30-29-40(34-46(43)53)55(38-17-6-5-7-18-38)39-27-25-35(26-28-39)36-15-14-16-37(33-36)41-31-32-50-52-51(41)54(3,4)45-21-10-11-22-47(45)56(52)48-23-12-13-24-49(48)57-50/h5-34H,1-4H3. The topological polar surface area (TPSA) is 15.7 Å². The third-order valence-corrected chi connectivity index (χ3v) is 12.6. The predicted octanol–water partition coefficient (Wildman–Crippen LogP) is 15.0. The van der Waals surface area contributed by atoms with E-state index in [1.165, 1.54) is 61.3 Å². The molecule has 0 saturated heterocycles. The first-order valence-electron chi connectivity index (χ1n) is 19.9. The van der Waals surface area contributed by atoms with Crippen LogP contribution in [0, 0.1) is 0 Å². The number of hydrogen-bond acceptors (Lipinski definition) is 3. The number of nitrogens with zero attached hydrogens (tertiary/aromatic N) is 2. The third kappa shape index (κ3) is 4.98. The van der Waals surface area contributed by atoms with Gasteiger partial charge in [0.25, 0.3) is 0 Å². The number of fused-ring (bicyclic) bond motifs is 7. The number of ether oxygens (including phenoxy) is 1. The summed E-state index contributed by atoms with van der Waals surface area (Å²) in [6, 6.07) is 66.2. The van der Waals surface area contributed by atoms with Gasteiger partial charge in [-0.1, -0.05) is 143 Å². The number of hydrogen-bond donors (Lipinski definition) is 0. The maximum atomic E-state index is 6.61. The van der Waals surface area contributed by atoms with Gasteiger partial charge >= 0.3 is 0 Å². The summed E-state index contributed by atoms with van der Waals surface area (Å²) in [6.45, 7) is 9.40. The van der Waals surface area contributed by atoms with Crippen LogP contribution in [0.25, 0.3) is 33.4 Å². The maximum Gasteiger partial charge on any atom is 0.151 e. The number of benzene rings is 8. The number of anilines is 6. The summed E-state index contributed by atoms with van der Waals surface area (Å²) in [5.74, 6) is 1.77. The Morgan fingerprint density at radius 3 is 1.86 bits per heavy atom. The van der Waals surface area contributed by atoms with E-state index in [0.29, 0.717) is 0 Å². The summed E-state index contributed by atoms with van der Waals surface area (Å²) in [6.07, 6.45) is 0. The van der Waals surface area contributed by atoms with Gasteiger partial charge in [-0.3, -0.25) is 0 Å². The van der Waals surface area contributed by atoms with Gasteiger partial charge in [-0.05, 0) is 122 Å². The van der Waals surface area contributed by atoms with Crippen molar-refractivity contribution < 1.29 is 4.74 Å². The van der Waals surface area contributed by atoms with Gasteiger partial charge in [0.1, 0.15) is 0 Å². The summed E-state index contributed by atoms with van der Waals surface area (Å²) in [7, 11) is 0. The summed E-state index contributed by atoms with van der Waals surface area (Å²) >= 11 is 0. The van der Waals surface area contributed by atoms with Crippen LogP contribution in [0.4, 0.5) is 34.1 Å². The highest BCUT2D eigenvalue weighted by molar-refractivity contribution is 5.97. The van der Waals surface area contributed by atoms with E-state index in [0.717, 1.165) is 39.9 Å². The van der Waals surface area contributed by atoms with E-state index >= 15 is 0 Å². The van der Waals surface area contributed by atoms with Crippen molar-refractivity contribution >= 4 is 34.1 Å². The molecule has 0 aromatic heterocycles. The van der Waals surface area contributed by atoms with Crippen LogP contribution < -0.4 is 14.5 Å². The van der Waals surface area contributed by atoms with Gasteiger partial charge in [-0.15, -0.1) is 0 Å². The predicted molar refractivity (Wildman–Crippen MR) is 236 cm³/mol. The molecule has 57 heavy (non-hydrogen) atoms. The zero-order valence-corrected chi connectivity index (χ0v) is 32.6. The molecule has 3 aliphatic rings. The molecule has 274 valence electrons. The molecule has 3 nitrogen and oxygen atoms in total. The van der Waals surface area contributed by atoms with Gasteiger partial charge in [0.05, 0.1) is 17.1 Å². The quantitative estimate of drug-likeness (QED) is 0.175. The molecule has 11 rings (SSSR count). The lowest BCUT2D eigenvalue weighted by Gasteiger charge is -2.45. The Labute approximate surface area is 335 Å². The molecule has 2 aliphatic heterocycles. The fourth-order valence-corrected chi connectivity index (χ4v) is 9.82. The van der Waals surface area contributed by atoms with Crippen molar-refractivity contribution in [3.05, 3.63) is 204 Å². The smallest absolute Gasteiger partial charge is 0.151 e. The lowest BCUT2D eigenvalue weighted by atomic mass is 9.70. The highest BCUT2D eigenvalue weighted by Crippen LogP contribution is 2.61. The Morgan fingerprint density at radius 1 is 0.404 bits per heavy atom. The molecule has 3 heteroatoms. The fraction of sp³-hybridized carbons (Fsp3) is 0.111. The lowest BCUT2D eigenvalue weighted by molar-refractivity contribution is 0.471. The third-order valence-electron chi connectivity index (χ3n) is 12.6. The van der Waals surface area contributed by atoms with Crippen LogP contribution in [0.3, 0.4) is 0 Å². The normalized spacial score (nSPS) is 14.7. The zero-order chi connectivity index (χ0) is 38.5. The van der Waals surface area contributed by atoms with E-state index in [2.05, 4.69) is 213 Å². The molecule has 0 amide bonds. The van der Waals surface area contributed by atoms with Gasteiger partial charge in [-0.25, -0.2) is 0 Å². The Kier molecular flexibility index (Phi) is 7.25. The van der Waals surface area contributed by atoms with E-state index in [9.17, 15) is 0 Å². The van der Waals surface area contributed by atoms with E-state index in [1.54, 1.807) is 0 Å². The lowest BCUT2D eigenvalue weighted by Crippen LogP contribution is -2.33. The maximum absolute atomic E-state index is 6.61. The molecule has 2 heterocycles. The minimum atomic E-state index is -0.266. The molecular weight excluding hydrogens is 693 g/mol. The molecule has 0 fully saturated rings. The molecule has 8 aromatic rings. The van der Waals surface area contributed by atoms with Gasteiger partial charge in [0.15, 0.2) is 11.5 Å². The summed E-state index contributed by atoms with van der Waals surface area (Å²) in [4.78, 5) is 4.79. The summed E-state index contributed by atoms with van der Waals surface area (Å²) in [5, 5.41) is 0. The minimum Gasteiger partial charge on any atom is -0.453 e. The van der Waals surface area contributed by atoms with Gasteiger partial charge in [0.2, 0.25) is 0 Å². The highest BCUT2D eigenvalue weighted by atomic mass is 16.5. The first-order valence-corrected chi connectivity index (χ1v) is 19.9. The molecule has 0 spiro atoms. The Bertz CT molecular complexity index is 2890. The fourth-order valence-electron chi connectivity index (χ4n) is 9.82. The van der Waals surface area contributed by atoms with E-state index in [4.69, 9.17) is 4.74 Å². The Balaban J connectivity index is 0.990. The van der Waals surface area contributed by atoms with Crippen LogP contribution >= 0.6 is 0 Å². The van der Waals surface area contributed by atoms with Gasteiger partial charge in [-0.2, -0.15) is 0 Å². The second-order valence-corrected chi connectivity index (χ2v) is 16.6. The second-order valence-electron chi connectivity index (χ2n) is 16.6. The molecule has 0 atom stereocenters. The van der Waals surface area contributed by atoms with Gasteiger partial charge < -0.3 is 14.5 Å². The van der Waals surface area contributed by atoms with Crippen LogP contribution in [-0.4, -0.2) is 0 Å². The van der Waals surface area contributed by atoms with Crippen LogP contribution in [0.5, 0.6) is 11.5 Å². The first-order chi connectivity index (χ1) is 27.8. The monoisotopic (exact) mass is 734 g/mol. The van der Waals surface area contributed by atoms with E-state index in [-0.39, 0.29) is 10.8 Å². The molecular formula is C54H42N2O. The van der Waals surface area contributed by atoms with Crippen molar-refractivity contribution in [1.82, 2.24) is 0 Å². The van der Waals surface area contributed by atoms with Gasteiger partial charge in [0, 0.05) is 27.9 Å². The zero-order valence-electron chi connectivity index (χ0n) is 32.6. The Morgan fingerprint density at radius 2 is 1.04 bits per heavy atom. The van der Waals surface area contributed by atoms with Crippen molar-refractivity contribution in [2.45, 2.75) is 38.5 Å². The number of rotatable bonds is 5. The molecule has 0 saturated carbocycles. The van der Waals surface area contributed by atoms with Crippen molar-refractivity contribution in [2.75, 3.05) is 9.80 Å². The minimum absolute atomic E-state index is 0.0793. The van der Waals surface area contributed by atoms with Crippen LogP contribution in [0.15, 0.2) is 182 Å². The average molecular weight is 735 g/mol. The molecule has 0 bridgehead atoms. The summed E-state index contributed by atoms with van der Waals surface area (Å²) < 4.78 is 6.61.